The van der Waals surface area contributed by atoms with Gasteiger partial charge in [-0.05, 0) is 19.4 Å². The lowest BCUT2D eigenvalue weighted by molar-refractivity contribution is 0.171. The fourth-order valence-electron chi connectivity index (χ4n) is 0.739. The van der Waals surface area contributed by atoms with E-state index in [9.17, 15) is 0 Å². The minimum absolute atomic E-state index is 0.00934. The van der Waals surface area contributed by atoms with Gasteiger partial charge in [0.25, 0.3) is 0 Å². The van der Waals surface area contributed by atoms with E-state index in [0.29, 0.717) is 0 Å². The zero-order chi connectivity index (χ0) is 8.53. The van der Waals surface area contributed by atoms with E-state index in [-0.39, 0.29) is 19.3 Å². The fraction of sp³-hybridized carbons (Fsp3) is 0.750. The van der Waals surface area contributed by atoms with Gasteiger partial charge in [0.15, 0.2) is 0 Å². The average molecular weight is 159 g/mol. The normalized spacial score (nSPS) is 10.5. The lowest BCUT2D eigenvalue weighted by Gasteiger charge is -2.11. The van der Waals surface area contributed by atoms with Crippen molar-refractivity contribution < 1.29 is 10.2 Å². The van der Waals surface area contributed by atoms with Crippen molar-refractivity contribution in [2.24, 2.45) is 0 Å². The summed E-state index contributed by atoms with van der Waals surface area (Å²) in [5.74, 6) is 0. The SMILES string of the molecule is C=CCCCNC(CO)CO. The van der Waals surface area contributed by atoms with Gasteiger partial charge >= 0.3 is 0 Å². The van der Waals surface area contributed by atoms with Crippen molar-refractivity contribution in [1.82, 2.24) is 5.32 Å². The van der Waals surface area contributed by atoms with Crippen LogP contribution in [0.1, 0.15) is 12.8 Å². The highest BCUT2D eigenvalue weighted by Gasteiger charge is 2.01. The second-order valence-electron chi connectivity index (χ2n) is 2.45. The molecule has 0 aliphatic carbocycles. The highest BCUT2D eigenvalue weighted by atomic mass is 16.3. The largest absolute Gasteiger partial charge is 0.395 e. The fourth-order valence-corrected chi connectivity index (χ4v) is 0.739. The van der Waals surface area contributed by atoms with E-state index in [4.69, 9.17) is 10.2 Å². The maximum atomic E-state index is 8.64. The molecule has 0 bridgehead atoms. The summed E-state index contributed by atoms with van der Waals surface area (Å²) in [5.41, 5.74) is 0. The predicted octanol–water partition coefficient (Wildman–Crippen LogP) is -0.105. The van der Waals surface area contributed by atoms with Crippen LogP contribution in [0.2, 0.25) is 0 Å². The van der Waals surface area contributed by atoms with Crippen molar-refractivity contribution >= 4 is 0 Å². The number of unbranched alkanes of at least 4 members (excludes halogenated alkanes) is 1. The molecule has 66 valence electrons. The third-order valence-corrected chi connectivity index (χ3v) is 1.46. The Morgan fingerprint density at radius 1 is 1.36 bits per heavy atom. The Balaban J connectivity index is 3.13. The second-order valence-corrected chi connectivity index (χ2v) is 2.45. The average Bonchev–Trinajstić information content (AvgIpc) is 2.05. The molecule has 0 amide bonds. The molecule has 11 heavy (non-hydrogen) atoms. The number of hydrogen-bond donors (Lipinski definition) is 3. The van der Waals surface area contributed by atoms with Crippen molar-refractivity contribution in [3.63, 3.8) is 0 Å². The molecule has 3 nitrogen and oxygen atoms in total. The third-order valence-electron chi connectivity index (χ3n) is 1.46. The van der Waals surface area contributed by atoms with Gasteiger partial charge in [-0.15, -0.1) is 6.58 Å². The molecule has 0 aromatic rings. The predicted molar refractivity (Wildman–Crippen MR) is 45.4 cm³/mol. The molecular weight excluding hydrogens is 142 g/mol. The van der Waals surface area contributed by atoms with Crippen molar-refractivity contribution in [2.75, 3.05) is 19.8 Å². The number of allylic oxidation sites excluding steroid dienone is 1. The minimum Gasteiger partial charge on any atom is -0.395 e. The Morgan fingerprint density at radius 2 is 2.00 bits per heavy atom. The first kappa shape index (κ1) is 10.6. The first-order valence-corrected chi connectivity index (χ1v) is 3.91. The lowest BCUT2D eigenvalue weighted by Crippen LogP contribution is -2.36. The van der Waals surface area contributed by atoms with E-state index < -0.39 is 0 Å². The molecule has 3 heteroatoms. The smallest absolute Gasteiger partial charge is 0.0607 e. The Bertz CT molecular complexity index is 92.1. The van der Waals surface area contributed by atoms with Gasteiger partial charge in [-0.25, -0.2) is 0 Å². The van der Waals surface area contributed by atoms with Crippen LogP contribution in [-0.4, -0.2) is 36.0 Å². The van der Waals surface area contributed by atoms with Crippen molar-refractivity contribution in [3.8, 4) is 0 Å². The maximum absolute atomic E-state index is 8.64. The van der Waals surface area contributed by atoms with Gasteiger partial charge < -0.3 is 15.5 Å². The minimum atomic E-state index is -0.167. The number of nitrogens with one attached hydrogen (secondary N) is 1. The Hall–Kier alpha value is -0.380. The van der Waals surface area contributed by atoms with E-state index in [1.54, 1.807) is 0 Å². The second kappa shape index (κ2) is 7.72. The quantitative estimate of drug-likeness (QED) is 0.359. The zero-order valence-corrected chi connectivity index (χ0v) is 6.79. The summed E-state index contributed by atoms with van der Waals surface area (Å²) in [6, 6.07) is -0.167. The van der Waals surface area contributed by atoms with Gasteiger partial charge in [-0.1, -0.05) is 6.08 Å². The summed E-state index contributed by atoms with van der Waals surface area (Å²) in [7, 11) is 0. The van der Waals surface area contributed by atoms with Crippen molar-refractivity contribution in [1.29, 1.82) is 0 Å². The number of aliphatic hydroxyl groups is 2. The molecule has 0 aromatic carbocycles. The van der Waals surface area contributed by atoms with Gasteiger partial charge in [-0.3, -0.25) is 0 Å². The molecule has 3 N–H and O–H groups in total. The molecule has 0 fully saturated rings. The van der Waals surface area contributed by atoms with Gasteiger partial charge in [-0.2, -0.15) is 0 Å². The maximum Gasteiger partial charge on any atom is 0.0607 e. The topological polar surface area (TPSA) is 52.5 Å². The molecule has 0 aliphatic heterocycles. The molecule has 0 atom stereocenters. The van der Waals surface area contributed by atoms with Crippen LogP contribution in [0.4, 0.5) is 0 Å². The Labute approximate surface area is 67.7 Å². The first-order valence-electron chi connectivity index (χ1n) is 3.91. The van der Waals surface area contributed by atoms with E-state index in [0.717, 1.165) is 19.4 Å². The monoisotopic (exact) mass is 159 g/mol. The van der Waals surface area contributed by atoms with Gasteiger partial charge in [0.05, 0.1) is 19.3 Å². The molecule has 0 aliphatic rings. The molecule has 0 saturated carbocycles. The molecular formula is C8H17NO2. The summed E-state index contributed by atoms with van der Waals surface area (Å²) >= 11 is 0. The summed E-state index contributed by atoms with van der Waals surface area (Å²) in [6.07, 6.45) is 3.82. The zero-order valence-electron chi connectivity index (χ0n) is 6.79. The van der Waals surface area contributed by atoms with Crippen LogP contribution in [0.15, 0.2) is 12.7 Å². The summed E-state index contributed by atoms with van der Waals surface area (Å²) in [5, 5.41) is 20.3. The van der Waals surface area contributed by atoms with E-state index in [1.165, 1.54) is 0 Å². The number of hydrogen-bond acceptors (Lipinski definition) is 3. The summed E-state index contributed by atoms with van der Waals surface area (Å²) < 4.78 is 0. The van der Waals surface area contributed by atoms with Crippen LogP contribution >= 0.6 is 0 Å². The van der Waals surface area contributed by atoms with Crippen LogP contribution in [0.5, 0.6) is 0 Å². The van der Waals surface area contributed by atoms with E-state index in [2.05, 4.69) is 11.9 Å². The van der Waals surface area contributed by atoms with Crippen LogP contribution in [-0.2, 0) is 0 Å². The van der Waals surface area contributed by atoms with Crippen molar-refractivity contribution in [3.05, 3.63) is 12.7 Å². The highest BCUT2D eigenvalue weighted by molar-refractivity contribution is 4.68. The van der Waals surface area contributed by atoms with Crippen LogP contribution in [0.3, 0.4) is 0 Å². The molecule has 0 rings (SSSR count). The van der Waals surface area contributed by atoms with Gasteiger partial charge in [0.2, 0.25) is 0 Å². The third kappa shape index (κ3) is 6.04. The van der Waals surface area contributed by atoms with Crippen LogP contribution < -0.4 is 5.32 Å². The molecule has 0 heterocycles. The standard InChI is InChI=1S/C8H17NO2/c1-2-3-4-5-9-8(6-10)7-11/h2,8-11H,1,3-7H2. The first-order chi connectivity index (χ1) is 5.35. The molecule has 0 unspecified atom stereocenters. The van der Waals surface area contributed by atoms with Crippen LogP contribution in [0.25, 0.3) is 0 Å². The molecule has 0 radical (unpaired) electrons. The van der Waals surface area contributed by atoms with E-state index in [1.807, 2.05) is 6.08 Å². The summed E-state index contributed by atoms with van der Waals surface area (Å²) in [4.78, 5) is 0. The number of aliphatic hydroxyl groups excluding tert-OH is 2. The lowest BCUT2D eigenvalue weighted by atomic mass is 10.3. The molecule has 0 saturated heterocycles. The summed E-state index contributed by atoms with van der Waals surface area (Å²) in [6.45, 7) is 4.39. The van der Waals surface area contributed by atoms with E-state index >= 15 is 0 Å². The van der Waals surface area contributed by atoms with Gasteiger partial charge in [0, 0.05) is 0 Å². The molecule has 0 aromatic heterocycles. The Morgan fingerprint density at radius 3 is 2.45 bits per heavy atom. The van der Waals surface area contributed by atoms with Gasteiger partial charge in [0.1, 0.15) is 0 Å². The van der Waals surface area contributed by atoms with Crippen LogP contribution in [0, 0.1) is 0 Å². The number of rotatable bonds is 7. The Kier molecular flexibility index (Phi) is 7.46. The molecule has 0 spiro atoms. The highest BCUT2D eigenvalue weighted by Crippen LogP contribution is 1.87. The van der Waals surface area contributed by atoms with Crippen molar-refractivity contribution in [2.45, 2.75) is 18.9 Å².